The van der Waals surface area contributed by atoms with Gasteiger partial charge in [-0.25, -0.2) is 13.2 Å². The molecular weight excluding hydrogens is 460 g/mol. The number of aryl methyl sites for hydroxylation is 1. The summed E-state index contributed by atoms with van der Waals surface area (Å²) in [6.07, 6.45) is 0.263. The van der Waals surface area contributed by atoms with Crippen LogP contribution in [-0.2, 0) is 19.4 Å². The van der Waals surface area contributed by atoms with E-state index in [0.717, 1.165) is 5.56 Å². The minimum absolute atomic E-state index is 0.0836. The molecule has 0 bridgehead atoms. The van der Waals surface area contributed by atoms with Gasteiger partial charge >= 0.3 is 5.97 Å². The number of esters is 1. The van der Waals surface area contributed by atoms with Crippen molar-refractivity contribution in [3.8, 4) is 17.6 Å². The van der Waals surface area contributed by atoms with E-state index in [1.807, 2.05) is 27.7 Å². The number of halogens is 1. The molecule has 0 unspecified atom stereocenters. The van der Waals surface area contributed by atoms with Gasteiger partial charge in [0.2, 0.25) is 0 Å². The lowest BCUT2D eigenvalue weighted by Crippen LogP contribution is -2.31. The third-order valence-electron chi connectivity index (χ3n) is 4.82. The maximum Gasteiger partial charge on any atom is 0.347 e. The Morgan fingerprint density at radius 1 is 1.06 bits per heavy atom. The molecular formula is C26H31ClO5S. The maximum absolute atomic E-state index is 12.5. The van der Waals surface area contributed by atoms with Crippen LogP contribution < -0.4 is 4.74 Å². The molecule has 0 N–H and O–H groups in total. The van der Waals surface area contributed by atoms with Gasteiger partial charge in [0.05, 0.1) is 22.8 Å². The molecule has 33 heavy (non-hydrogen) atoms. The summed E-state index contributed by atoms with van der Waals surface area (Å²) in [7, 11) is -3.35. The van der Waals surface area contributed by atoms with Crippen molar-refractivity contribution in [3.63, 3.8) is 0 Å². The number of hydrogen-bond acceptors (Lipinski definition) is 5. The molecule has 0 amide bonds. The van der Waals surface area contributed by atoms with Gasteiger partial charge in [-0.2, -0.15) is 0 Å². The summed E-state index contributed by atoms with van der Waals surface area (Å²) in [5.41, 5.74) is 1.95. The highest BCUT2D eigenvalue weighted by Gasteiger charge is 2.24. The van der Waals surface area contributed by atoms with Crippen LogP contribution in [-0.4, -0.2) is 32.9 Å². The summed E-state index contributed by atoms with van der Waals surface area (Å²) in [6, 6.07) is 9.96. The summed E-state index contributed by atoms with van der Waals surface area (Å²) >= 11 is 6.19. The molecule has 0 saturated heterocycles. The SMILES string of the molecule is CCCS(=O)(=O)c1ccc(C)c(C#Cc2cc(Cl)ccc2O[C@@H](CC(C)C)C(=O)OCC)c1. The van der Waals surface area contributed by atoms with E-state index in [2.05, 4.69) is 11.8 Å². The van der Waals surface area contributed by atoms with Crippen LogP contribution in [0.1, 0.15) is 57.2 Å². The standard InChI is InChI=1S/C26H31ClO5S/c1-6-14-33(29,30)23-12-8-19(5)20(17-23)9-10-21-16-22(27)11-13-24(21)32-25(15-18(3)4)26(28)31-7-2/h8,11-13,16-18,25H,6-7,14-15H2,1-5H3/t25-/m0/s1. The first kappa shape index (κ1) is 26.8. The Labute approximate surface area is 202 Å². The lowest BCUT2D eigenvalue weighted by atomic mass is 10.1. The van der Waals surface area contributed by atoms with Crippen molar-refractivity contribution in [2.24, 2.45) is 5.92 Å². The van der Waals surface area contributed by atoms with Crippen molar-refractivity contribution in [1.82, 2.24) is 0 Å². The average molecular weight is 491 g/mol. The van der Waals surface area contributed by atoms with Crippen LogP contribution in [0.25, 0.3) is 0 Å². The molecule has 0 aromatic heterocycles. The molecule has 2 aromatic carbocycles. The minimum Gasteiger partial charge on any atom is -0.477 e. The van der Waals surface area contributed by atoms with Crippen LogP contribution in [0.4, 0.5) is 0 Å². The van der Waals surface area contributed by atoms with Crippen molar-refractivity contribution in [2.75, 3.05) is 12.4 Å². The van der Waals surface area contributed by atoms with E-state index in [0.29, 0.717) is 34.7 Å². The van der Waals surface area contributed by atoms with E-state index in [-0.39, 0.29) is 23.2 Å². The Bertz CT molecular complexity index is 1140. The zero-order valence-corrected chi connectivity index (χ0v) is 21.3. The molecule has 0 aliphatic carbocycles. The monoisotopic (exact) mass is 490 g/mol. The van der Waals surface area contributed by atoms with Crippen LogP contribution >= 0.6 is 11.6 Å². The molecule has 0 fully saturated rings. The fourth-order valence-electron chi connectivity index (χ4n) is 3.16. The molecule has 0 spiro atoms. The van der Waals surface area contributed by atoms with E-state index in [4.69, 9.17) is 21.1 Å². The van der Waals surface area contributed by atoms with Gasteiger partial charge in [0, 0.05) is 10.6 Å². The average Bonchev–Trinajstić information content (AvgIpc) is 2.73. The molecule has 178 valence electrons. The quantitative estimate of drug-likeness (QED) is 0.338. The van der Waals surface area contributed by atoms with Crippen molar-refractivity contribution >= 4 is 27.4 Å². The Morgan fingerprint density at radius 2 is 1.76 bits per heavy atom. The summed E-state index contributed by atoms with van der Waals surface area (Å²) in [5.74, 6) is 6.39. The fraction of sp³-hybridized carbons (Fsp3) is 0.423. The van der Waals surface area contributed by atoms with Crippen molar-refractivity contribution in [3.05, 3.63) is 58.1 Å². The summed E-state index contributed by atoms with van der Waals surface area (Å²) in [4.78, 5) is 12.7. The largest absolute Gasteiger partial charge is 0.477 e. The highest BCUT2D eigenvalue weighted by molar-refractivity contribution is 7.91. The summed E-state index contributed by atoms with van der Waals surface area (Å²) in [6.45, 7) is 9.72. The lowest BCUT2D eigenvalue weighted by molar-refractivity contribution is -0.152. The third kappa shape index (κ3) is 7.80. The van der Waals surface area contributed by atoms with Gasteiger partial charge in [-0.1, -0.05) is 50.3 Å². The molecule has 0 aliphatic rings. The summed E-state index contributed by atoms with van der Waals surface area (Å²) in [5, 5.41) is 0.471. The molecule has 0 heterocycles. The number of benzene rings is 2. The van der Waals surface area contributed by atoms with Crippen LogP contribution in [0.5, 0.6) is 5.75 Å². The van der Waals surface area contributed by atoms with E-state index in [9.17, 15) is 13.2 Å². The van der Waals surface area contributed by atoms with Crippen LogP contribution in [0.2, 0.25) is 5.02 Å². The first-order chi connectivity index (χ1) is 15.6. The Morgan fingerprint density at radius 3 is 2.39 bits per heavy atom. The van der Waals surface area contributed by atoms with E-state index >= 15 is 0 Å². The zero-order valence-electron chi connectivity index (χ0n) is 19.8. The summed E-state index contributed by atoms with van der Waals surface area (Å²) < 4.78 is 36.1. The fourth-order valence-corrected chi connectivity index (χ4v) is 4.68. The molecule has 5 nitrogen and oxygen atoms in total. The van der Waals surface area contributed by atoms with E-state index in [1.54, 1.807) is 43.3 Å². The maximum atomic E-state index is 12.5. The number of carbonyl (C=O) groups is 1. The van der Waals surface area contributed by atoms with E-state index < -0.39 is 21.9 Å². The predicted octanol–water partition coefficient (Wildman–Crippen LogP) is 5.59. The number of sulfone groups is 1. The van der Waals surface area contributed by atoms with Gasteiger partial charge in [0.15, 0.2) is 15.9 Å². The zero-order chi connectivity index (χ0) is 24.6. The number of carbonyl (C=O) groups excluding carboxylic acids is 1. The minimum atomic E-state index is -3.35. The first-order valence-electron chi connectivity index (χ1n) is 11.1. The van der Waals surface area contributed by atoms with E-state index in [1.165, 1.54) is 0 Å². The van der Waals surface area contributed by atoms with Gasteiger partial charge in [-0.3, -0.25) is 0 Å². The molecule has 7 heteroatoms. The van der Waals surface area contributed by atoms with Gasteiger partial charge in [-0.05, 0) is 68.5 Å². The van der Waals surface area contributed by atoms with Gasteiger partial charge in [0.25, 0.3) is 0 Å². The smallest absolute Gasteiger partial charge is 0.347 e. The molecule has 0 radical (unpaired) electrons. The second kappa shape index (κ2) is 12.1. The Balaban J connectivity index is 2.45. The molecule has 2 aromatic rings. The Hall–Kier alpha value is -2.49. The highest BCUT2D eigenvalue weighted by Crippen LogP contribution is 2.25. The van der Waals surface area contributed by atoms with Crippen molar-refractivity contribution in [2.45, 2.75) is 58.5 Å². The molecule has 2 rings (SSSR count). The molecule has 0 aliphatic heterocycles. The predicted molar refractivity (Wildman–Crippen MR) is 131 cm³/mol. The number of ether oxygens (including phenoxy) is 2. The topological polar surface area (TPSA) is 69.7 Å². The first-order valence-corrected chi connectivity index (χ1v) is 13.1. The van der Waals surface area contributed by atoms with Crippen LogP contribution in [0.15, 0.2) is 41.3 Å². The number of hydrogen-bond donors (Lipinski definition) is 0. The van der Waals surface area contributed by atoms with Gasteiger partial charge in [-0.15, -0.1) is 0 Å². The van der Waals surface area contributed by atoms with Crippen LogP contribution in [0, 0.1) is 24.7 Å². The van der Waals surface area contributed by atoms with Gasteiger partial charge in [0.1, 0.15) is 5.75 Å². The highest BCUT2D eigenvalue weighted by atomic mass is 35.5. The van der Waals surface area contributed by atoms with Crippen LogP contribution in [0.3, 0.4) is 0 Å². The lowest BCUT2D eigenvalue weighted by Gasteiger charge is -2.20. The van der Waals surface area contributed by atoms with Crippen molar-refractivity contribution < 1.29 is 22.7 Å². The second-order valence-corrected chi connectivity index (χ2v) is 10.7. The number of rotatable bonds is 9. The van der Waals surface area contributed by atoms with Crippen molar-refractivity contribution in [1.29, 1.82) is 0 Å². The second-order valence-electron chi connectivity index (χ2n) is 8.17. The van der Waals surface area contributed by atoms with Gasteiger partial charge < -0.3 is 9.47 Å². The normalized spacial score (nSPS) is 12.1. The third-order valence-corrected chi connectivity index (χ3v) is 6.97. The Kier molecular flexibility index (Phi) is 9.82. The molecule has 0 saturated carbocycles. The molecule has 1 atom stereocenters.